The molecule has 1 saturated carbocycles. The van der Waals surface area contributed by atoms with Crippen molar-refractivity contribution in [3.05, 3.63) is 88.5 Å². The largest absolute Gasteiger partial charge is 0.393 e. The molecule has 0 spiro atoms. The van der Waals surface area contributed by atoms with Crippen molar-refractivity contribution in [2.75, 3.05) is 18.9 Å². The van der Waals surface area contributed by atoms with E-state index in [1.165, 1.54) is 18.3 Å². The van der Waals surface area contributed by atoms with Gasteiger partial charge in [0, 0.05) is 48.0 Å². The second kappa shape index (κ2) is 8.30. The summed E-state index contributed by atoms with van der Waals surface area (Å²) in [5, 5.41) is 9.59. The quantitative estimate of drug-likeness (QED) is 0.280. The summed E-state index contributed by atoms with van der Waals surface area (Å²) in [7, 11) is 0. The molecule has 4 aromatic rings. The van der Waals surface area contributed by atoms with Crippen molar-refractivity contribution in [3.8, 4) is 11.3 Å². The van der Waals surface area contributed by atoms with Gasteiger partial charge in [0.25, 0.3) is 0 Å². The van der Waals surface area contributed by atoms with Gasteiger partial charge in [-0.25, -0.2) is 27.5 Å². The van der Waals surface area contributed by atoms with Gasteiger partial charge in [-0.15, -0.1) is 0 Å². The van der Waals surface area contributed by atoms with Crippen LogP contribution in [0.5, 0.6) is 0 Å². The molecule has 38 heavy (non-hydrogen) atoms. The van der Waals surface area contributed by atoms with E-state index in [1.54, 1.807) is 10.6 Å². The SMILES string of the molecule is Nc1nccn2c(C3=C4CC(CO)(C4)OC3)nc(-c3ccc(C(F)(F)c4c(F)c(F)cc(F)c4F)cc3)c12. The molecule has 4 heterocycles. The third-order valence-corrected chi connectivity index (χ3v) is 7.11. The Kier molecular flexibility index (Phi) is 5.34. The van der Waals surface area contributed by atoms with Crippen molar-refractivity contribution in [2.45, 2.75) is 24.4 Å². The number of nitrogens with zero attached hydrogens (tertiary/aromatic N) is 3. The number of aliphatic hydroxyl groups is 1. The normalized spacial score (nSPS) is 16.7. The van der Waals surface area contributed by atoms with Gasteiger partial charge < -0.3 is 15.6 Å². The lowest BCUT2D eigenvalue weighted by Crippen LogP contribution is -2.49. The first-order chi connectivity index (χ1) is 18.1. The number of nitrogens with two attached hydrogens (primary N) is 1. The van der Waals surface area contributed by atoms with Crippen LogP contribution >= 0.6 is 0 Å². The van der Waals surface area contributed by atoms with E-state index in [-0.39, 0.29) is 25.1 Å². The molecule has 6 nitrogen and oxygen atoms in total. The molecule has 0 amide bonds. The lowest BCUT2D eigenvalue weighted by atomic mass is 9.71. The minimum Gasteiger partial charge on any atom is -0.393 e. The lowest BCUT2D eigenvalue weighted by Gasteiger charge is -2.47. The number of hydrogen-bond acceptors (Lipinski definition) is 5. The number of hydrogen-bond donors (Lipinski definition) is 2. The number of aromatic nitrogens is 3. The molecule has 1 aliphatic carbocycles. The minimum absolute atomic E-state index is 0.0960. The van der Waals surface area contributed by atoms with Gasteiger partial charge in [-0.3, -0.25) is 4.40 Å². The fourth-order valence-corrected chi connectivity index (χ4v) is 5.06. The lowest BCUT2D eigenvalue weighted by molar-refractivity contribution is -0.103. The molecule has 0 saturated heterocycles. The maximum absolute atomic E-state index is 15.1. The van der Waals surface area contributed by atoms with Gasteiger partial charge in [-0.2, -0.15) is 8.78 Å². The number of rotatable bonds is 5. The van der Waals surface area contributed by atoms with Crippen molar-refractivity contribution in [3.63, 3.8) is 0 Å². The molecular weight excluding hydrogens is 514 g/mol. The van der Waals surface area contributed by atoms with Gasteiger partial charge in [0.2, 0.25) is 0 Å². The Bertz CT molecular complexity index is 1610. The van der Waals surface area contributed by atoms with E-state index in [2.05, 4.69) is 4.98 Å². The maximum atomic E-state index is 15.1. The van der Waals surface area contributed by atoms with E-state index in [1.807, 2.05) is 0 Å². The standard InChI is InChI=1S/C26H18F6N4O2/c27-16-7-17(28)20(30)18(19(16)29)26(31,32)14-3-1-12(2-4-14)21-22-23(33)34-5-6-36(22)24(35-21)15-10-38-25(11-37)8-13(15)9-25/h1-7,37H,8-11H2,(H2,33,34). The summed E-state index contributed by atoms with van der Waals surface area (Å²) in [6.07, 6.45) is 4.24. The molecule has 196 valence electrons. The van der Waals surface area contributed by atoms with Crippen LogP contribution in [0.15, 0.2) is 48.3 Å². The molecule has 3 aliphatic rings. The van der Waals surface area contributed by atoms with Crippen LogP contribution in [0.25, 0.3) is 22.3 Å². The summed E-state index contributed by atoms with van der Waals surface area (Å²) in [6, 6.07) is 4.13. The van der Waals surface area contributed by atoms with Crippen molar-refractivity contribution in [2.24, 2.45) is 0 Å². The van der Waals surface area contributed by atoms with Crippen LogP contribution < -0.4 is 5.73 Å². The first-order valence-electron chi connectivity index (χ1n) is 11.5. The zero-order valence-corrected chi connectivity index (χ0v) is 19.4. The van der Waals surface area contributed by atoms with E-state index < -0.39 is 45.9 Å². The van der Waals surface area contributed by atoms with Gasteiger partial charge in [-0.05, 0) is 0 Å². The third kappa shape index (κ3) is 3.43. The fraction of sp³-hybridized carbons (Fsp3) is 0.231. The van der Waals surface area contributed by atoms with Crippen molar-refractivity contribution >= 4 is 16.9 Å². The molecule has 12 heteroatoms. The maximum Gasteiger partial charge on any atom is 0.304 e. The molecule has 2 aliphatic heterocycles. The summed E-state index contributed by atoms with van der Waals surface area (Å²) in [5.74, 6) is -12.0. The summed E-state index contributed by atoms with van der Waals surface area (Å²) in [5.41, 5.74) is 5.58. The number of ether oxygens (including phenoxy) is 1. The summed E-state index contributed by atoms with van der Waals surface area (Å²) < 4.78 is 93.2. The highest BCUT2D eigenvalue weighted by atomic mass is 19.3. The van der Waals surface area contributed by atoms with Gasteiger partial charge in [0.1, 0.15) is 28.4 Å². The van der Waals surface area contributed by atoms with Crippen LogP contribution in [0.1, 0.15) is 29.8 Å². The third-order valence-electron chi connectivity index (χ3n) is 7.11. The van der Waals surface area contributed by atoms with E-state index in [4.69, 9.17) is 15.5 Å². The molecule has 1 fully saturated rings. The second-order valence-corrected chi connectivity index (χ2v) is 9.38. The van der Waals surface area contributed by atoms with Gasteiger partial charge in [-0.1, -0.05) is 29.8 Å². The summed E-state index contributed by atoms with van der Waals surface area (Å²) in [6.45, 7) is 0.116. The predicted octanol–water partition coefficient (Wildman–Crippen LogP) is 4.98. The monoisotopic (exact) mass is 532 g/mol. The molecule has 0 atom stereocenters. The van der Waals surface area contributed by atoms with E-state index in [0.717, 1.165) is 23.3 Å². The Balaban J connectivity index is 1.44. The molecule has 7 rings (SSSR count). The molecular formula is C26H18F6N4O2. The number of benzene rings is 2. The van der Waals surface area contributed by atoms with Crippen LogP contribution in [-0.4, -0.2) is 38.3 Å². The van der Waals surface area contributed by atoms with Gasteiger partial charge >= 0.3 is 5.92 Å². The van der Waals surface area contributed by atoms with Crippen molar-refractivity contribution < 1.29 is 36.2 Å². The molecule has 3 N–H and O–H groups in total. The molecule has 0 unspecified atom stereocenters. The first kappa shape index (κ1) is 24.4. The average Bonchev–Trinajstić information content (AvgIpc) is 3.28. The Morgan fingerprint density at radius 3 is 2.29 bits per heavy atom. The number of aliphatic hydroxyl groups excluding tert-OH is 1. The van der Waals surface area contributed by atoms with Crippen LogP contribution in [0, 0.1) is 23.3 Å². The smallest absolute Gasteiger partial charge is 0.304 e. The number of halogens is 6. The topological polar surface area (TPSA) is 85.7 Å². The van der Waals surface area contributed by atoms with Crippen molar-refractivity contribution in [1.82, 2.24) is 14.4 Å². The molecule has 2 bridgehead atoms. The predicted molar refractivity (Wildman–Crippen MR) is 124 cm³/mol. The number of nitrogen functional groups attached to an aromatic ring is 1. The zero-order chi connectivity index (χ0) is 27.0. The number of fused-ring (bicyclic) bond motifs is 3. The van der Waals surface area contributed by atoms with Gasteiger partial charge in [0.15, 0.2) is 23.3 Å². The zero-order valence-electron chi connectivity index (χ0n) is 19.4. The summed E-state index contributed by atoms with van der Waals surface area (Å²) >= 11 is 0. The minimum atomic E-state index is -4.38. The highest BCUT2D eigenvalue weighted by molar-refractivity contribution is 5.88. The number of imidazole rings is 1. The second-order valence-electron chi connectivity index (χ2n) is 9.38. The van der Waals surface area contributed by atoms with E-state index in [0.29, 0.717) is 35.4 Å². The van der Waals surface area contributed by atoms with Crippen LogP contribution in [0.2, 0.25) is 0 Å². The van der Waals surface area contributed by atoms with Crippen LogP contribution in [0.4, 0.5) is 32.2 Å². The Labute approximate surface area is 211 Å². The highest BCUT2D eigenvalue weighted by Crippen LogP contribution is 2.49. The van der Waals surface area contributed by atoms with Crippen LogP contribution in [-0.2, 0) is 10.7 Å². The fourth-order valence-electron chi connectivity index (χ4n) is 5.06. The van der Waals surface area contributed by atoms with Crippen LogP contribution in [0.3, 0.4) is 0 Å². The average molecular weight is 532 g/mol. The Morgan fingerprint density at radius 1 is 1.05 bits per heavy atom. The number of anilines is 1. The molecule has 2 aromatic carbocycles. The summed E-state index contributed by atoms with van der Waals surface area (Å²) in [4.78, 5) is 8.80. The number of alkyl halides is 2. The Hall–Kier alpha value is -3.90. The van der Waals surface area contributed by atoms with Gasteiger partial charge in [0.05, 0.1) is 18.8 Å². The molecule has 0 radical (unpaired) electrons. The van der Waals surface area contributed by atoms with Crippen molar-refractivity contribution in [1.29, 1.82) is 0 Å². The van der Waals surface area contributed by atoms with E-state index >= 15 is 8.78 Å². The Morgan fingerprint density at radius 2 is 1.71 bits per heavy atom. The highest BCUT2D eigenvalue weighted by Gasteiger charge is 2.47. The molecule has 2 aromatic heterocycles. The first-order valence-corrected chi connectivity index (χ1v) is 11.5. The van der Waals surface area contributed by atoms with E-state index in [9.17, 15) is 22.7 Å².